The fourth-order valence-corrected chi connectivity index (χ4v) is 3.35. The summed E-state index contributed by atoms with van der Waals surface area (Å²) in [6, 6.07) is 12.6. The van der Waals surface area contributed by atoms with Gasteiger partial charge in [-0.1, -0.05) is 18.2 Å². The topological polar surface area (TPSA) is 69.4 Å². The van der Waals surface area contributed by atoms with Crippen LogP contribution in [-0.2, 0) is 4.74 Å². The van der Waals surface area contributed by atoms with Crippen LogP contribution in [0.5, 0.6) is 0 Å². The second kappa shape index (κ2) is 5.63. The van der Waals surface area contributed by atoms with Gasteiger partial charge in [0.2, 0.25) is 0 Å². The van der Waals surface area contributed by atoms with Crippen LogP contribution < -0.4 is 11.2 Å². The van der Waals surface area contributed by atoms with Crippen molar-refractivity contribution in [3.8, 4) is 0 Å². The Labute approximate surface area is 124 Å². The van der Waals surface area contributed by atoms with Gasteiger partial charge in [-0.15, -0.1) is 11.3 Å². The summed E-state index contributed by atoms with van der Waals surface area (Å²) < 4.78 is 6.74. The lowest BCUT2D eigenvalue weighted by Gasteiger charge is -2.07. The standard InChI is InChI=1S/C16H13NO3S/c17-8-9-20-16(19)11-5-3-7-13-14(11)15(18)10-4-1-2-6-12(10)21-13/h1-7H,8-9,17H2. The molecule has 0 aliphatic heterocycles. The SMILES string of the molecule is NCCOC(=O)c1cccc2sc3ccccc3c(=O)c12. The summed E-state index contributed by atoms with van der Waals surface area (Å²) in [5.74, 6) is -0.509. The molecule has 1 heterocycles. The molecule has 4 nitrogen and oxygen atoms in total. The van der Waals surface area contributed by atoms with Crippen molar-refractivity contribution in [1.29, 1.82) is 0 Å². The molecule has 2 N–H and O–H groups in total. The molecule has 0 aliphatic carbocycles. The summed E-state index contributed by atoms with van der Waals surface area (Å²) in [6.45, 7) is 0.396. The van der Waals surface area contributed by atoms with Crippen LogP contribution in [0, 0.1) is 0 Å². The third-order valence-electron chi connectivity index (χ3n) is 3.18. The summed E-state index contributed by atoms with van der Waals surface area (Å²) in [7, 11) is 0. The van der Waals surface area contributed by atoms with Crippen LogP contribution in [0.1, 0.15) is 10.4 Å². The third kappa shape index (κ3) is 2.41. The van der Waals surface area contributed by atoms with E-state index in [2.05, 4.69) is 0 Å². The average Bonchev–Trinajstić information content (AvgIpc) is 2.52. The smallest absolute Gasteiger partial charge is 0.338 e. The molecule has 0 saturated carbocycles. The summed E-state index contributed by atoms with van der Waals surface area (Å²) >= 11 is 1.49. The Morgan fingerprint density at radius 1 is 1.10 bits per heavy atom. The molecule has 1 aromatic heterocycles. The summed E-state index contributed by atoms with van der Waals surface area (Å²) in [4.78, 5) is 24.8. The minimum atomic E-state index is -0.509. The van der Waals surface area contributed by atoms with Crippen LogP contribution in [0.2, 0.25) is 0 Å². The Balaban J connectivity index is 2.29. The minimum absolute atomic E-state index is 0.139. The molecule has 0 saturated heterocycles. The zero-order valence-corrected chi connectivity index (χ0v) is 12.0. The highest BCUT2D eigenvalue weighted by Gasteiger charge is 2.15. The zero-order valence-electron chi connectivity index (χ0n) is 11.2. The Bertz CT molecular complexity index is 885. The fraction of sp³-hybridized carbons (Fsp3) is 0.125. The maximum atomic E-state index is 12.7. The number of ether oxygens (including phenoxy) is 1. The van der Waals surface area contributed by atoms with Crippen LogP contribution in [0.15, 0.2) is 47.3 Å². The van der Waals surface area contributed by atoms with E-state index in [0.717, 1.165) is 9.40 Å². The lowest BCUT2D eigenvalue weighted by molar-refractivity contribution is 0.0519. The Hall–Kier alpha value is -2.24. The molecule has 2 aromatic carbocycles. The Morgan fingerprint density at radius 3 is 2.67 bits per heavy atom. The number of esters is 1. The normalized spacial score (nSPS) is 10.9. The predicted molar refractivity (Wildman–Crippen MR) is 84.9 cm³/mol. The zero-order chi connectivity index (χ0) is 14.8. The molecular formula is C16H13NO3S. The molecule has 0 amide bonds. The lowest BCUT2D eigenvalue weighted by Crippen LogP contribution is -2.15. The molecule has 106 valence electrons. The largest absolute Gasteiger partial charge is 0.461 e. The van der Waals surface area contributed by atoms with Crippen molar-refractivity contribution < 1.29 is 9.53 Å². The van der Waals surface area contributed by atoms with Gasteiger partial charge in [-0.05, 0) is 24.3 Å². The molecule has 0 bridgehead atoms. The van der Waals surface area contributed by atoms with E-state index in [-0.39, 0.29) is 18.6 Å². The molecule has 0 unspecified atom stereocenters. The second-order valence-electron chi connectivity index (χ2n) is 4.53. The van der Waals surface area contributed by atoms with Crippen LogP contribution in [0.25, 0.3) is 20.2 Å². The van der Waals surface area contributed by atoms with Crippen molar-refractivity contribution in [1.82, 2.24) is 0 Å². The number of rotatable bonds is 3. The van der Waals surface area contributed by atoms with Crippen molar-refractivity contribution in [3.05, 3.63) is 58.3 Å². The molecule has 0 fully saturated rings. The summed E-state index contributed by atoms with van der Waals surface area (Å²) in [5.41, 5.74) is 5.49. The van der Waals surface area contributed by atoms with Gasteiger partial charge in [0.1, 0.15) is 6.61 Å². The number of carbonyl (C=O) groups excluding carboxylic acids is 1. The van der Waals surface area contributed by atoms with E-state index in [1.807, 2.05) is 24.3 Å². The molecule has 0 radical (unpaired) electrons. The van der Waals surface area contributed by atoms with Gasteiger partial charge in [-0.25, -0.2) is 4.79 Å². The predicted octanol–water partition coefficient (Wildman–Crippen LogP) is 2.53. The van der Waals surface area contributed by atoms with Crippen molar-refractivity contribution >= 4 is 37.5 Å². The Kier molecular flexibility index (Phi) is 3.68. The van der Waals surface area contributed by atoms with Gasteiger partial charge in [-0.2, -0.15) is 0 Å². The number of hydrogen-bond acceptors (Lipinski definition) is 5. The van der Waals surface area contributed by atoms with Crippen LogP contribution in [0.4, 0.5) is 0 Å². The molecule has 3 rings (SSSR count). The molecular weight excluding hydrogens is 286 g/mol. The molecule has 0 spiro atoms. The first-order valence-corrected chi connectivity index (χ1v) is 7.36. The monoisotopic (exact) mass is 299 g/mol. The van der Waals surface area contributed by atoms with Crippen molar-refractivity contribution in [3.63, 3.8) is 0 Å². The average molecular weight is 299 g/mol. The molecule has 21 heavy (non-hydrogen) atoms. The van der Waals surface area contributed by atoms with Gasteiger partial charge in [-0.3, -0.25) is 4.79 Å². The van der Waals surface area contributed by atoms with Gasteiger partial charge in [0.05, 0.1) is 10.9 Å². The highest BCUT2D eigenvalue weighted by Crippen LogP contribution is 2.26. The molecule has 5 heteroatoms. The van der Waals surface area contributed by atoms with E-state index in [0.29, 0.717) is 16.3 Å². The molecule has 0 atom stereocenters. The van der Waals surface area contributed by atoms with Crippen LogP contribution >= 0.6 is 11.3 Å². The number of benzene rings is 2. The number of nitrogens with two attached hydrogens (primary N) is 1. The van der Waals surface area contributed by atoms with E-state index < -0.39 is 5.97 Å². The third-order valence-corrected chi connectivity index (χ3v) is 4.31. The number of carbonyl (C=O) groups is 1. The van der Waals surface area contributed by atoms with E-state index in [1.165, 1.54) is 11.3 Å². The van der Waals surface area contributed by atoms with E-state index >= 15 is 0 Å². The fourth-order valence-electron chi connectivity index (χ4n) is 2.25. The van der Waals surface area contributed by atoms with Gasteiger partial charge in [0.25, 0.3) is 0 Å². The van der Waals surface area contributed by atoms with Crippen molar-refractivity contribution in [2.24, 2.45) is 5.73 Å². The van der Waals surface area contributed by atoms with Gasteiger partial charge in [0, 0.05) is 21.3 Å². The maximum Gasteiger partial charge on any atom is 0.338 e. The van der Waals surface area contributed by atoms with Gasteiger partial charge >= 0.3 is 5.97 Å². The first kappa shape index (κ1) is 13.7. The minimum Gasteiger partial charge on any atom is -0.461 e. The highest BCUT2D eigenvalue weighted by molar-refractivity contribution is 7.24. The van der Waals surface area contributed by atoms with Crippen molar-refractivity contribution in [2.75, 3.05) is 13.2 Å². The summed E-state index contributed by atoms with van der Waals surface area (Å²) in [5, 5.41) is 1.04. The first-order chi connectivity index (χ1) is 10.2. The summed E-state index contributed by atoms with van der Waals surface area (Å²) in [6.07, 6.45) is 0. The Morgan fingerprint density at radius 2 is 1.86 bits per heavy atom. The molecule has 0 aliphatic rings. The molecule has 3 aromatic rings. The number of fused-ring (bicyclic) bond motifs is 2. The first-order valence-electron chi connectivity index (χ1n) is 6.54. The maximum absolute atomic E-state index is 12.7. The van der Waals surface area contributed by atoms with E-state index in [9.17, 15) is 9.59 Å². The van der Waals surface area contributed by atoms with E-state index in [4.69, 9.17) is 10.5 Å². The van der Waals surface area contributed by atoms with Crippen LogP contribution in [0.3, 0.4) is 0 Å². The second-order valence-corrected chi connectivity index (χ2v) is 5.61. The quantitative estimate of drug-likeness (QED) is 0.596. The lowest BCUT2D eigenvalue weighted by atomic mass is 10.1. The van der Waals surface area contributed by atoms with Crippen LogP contribution in [-0.4, -0.2) is 19.1 Å². The van der Waals surface area contributed by atoms with Crippen molar-refractivity contribution in [2.45, 2.75) is 0 Å². The van der Waals surface area contributed by atoms with Gasteiger partial charge < -0.3 is 10.5 Å². The number of hydrogen-bond donors (Lipinski definition) is 1. The highest BCUT2D eigenvalue weighted by atomic mass is 32.1. The van der Waals surface area contributed by atoms with Gasteiger partial charge in [0.15, 0.2) is 5.43 Å². The van der Waals surface area contributed by atoms with E-state index in [1.54, 1.807) is 18.2 Å².